The number of halogens is 4. The number of rotatable bonds is 4. The first-order chi connectivity index (χ1) is 9.43. The van der Waals surface area contributed by atoms with E-state index < -0.39 is 0 Å². The molecule has 0 spiro atoms. The van der Waals surface area contributed by atoms with Crippen molar-refractivity contribution in [3.63, 3.8) is 0 Å². The number of nitrogens with one attached hydrogen (secondary N) is 1. The summed E-state index contributed by atoms with van der Waals surface area (Å²) in [5.74, 6) is 0. The van der Waals surface area contributed by atoms with Crippen molar-refractivity contribution in [1.29, 1.82) is 0 Å². The van der Waals surface area contributed by atoms with E-state index in [9.17, 15) is 0 Å². The number of nitrogens with zero attached hydrogens (tertiary/aromatic N) is 2. The van der Waals surface area contributed by atoms with Crippen molar-refractivity contribution >= 4 is 52.1 Å². The first kappa shape index (κ1) is 15.8. The van der Waals surface area contributed by atoms with Gasteiger partial charge in [0, 0.05) is 6.54 Å². The number of aromatic nitrogens is 2. The summed E-state index contributed by atoms with van der Waals surface area (Å²) in [6.07, 6.45) is 0. The van der Waals surface area contributed by atoms with E-state index in [-0.39, 0.29) is 0 Å². The fourth-order valence-corrected chi connectivity index (χ4v) is 2.69. The number of hydrogen-bond acceptors (Lipinski definition) is 2. The summed E-state index contributed by atoms with van der Waals surface area (Å²) in [5, 5.41) is 9.61. The first-order valence-corrected chi connectivity index (χ1v) is 7.55. The highest BCUT2D eigenvalue weighted by Gasteiger charge is 2.13. The number of anilines is 1. The largest absolute Gasteiger partial charge is 0.378 e. The van der Waals surface area contributed by atoms with Crippen LogP contribution in [0.3, 0.4) is 0 Å². The molecule has 0 aliphatic carbocycles. The standard InChI is InChI=1S/C13H13Cl4N3/c1-3-20-12(13(17)7(2)19-20)6-18-11-5-9(15)8(14)4-10(11)16/h4-5,18H,3,6H2,1-2H3. The maximum absolute atomic E-state index is 6.25. The summed E-state index contributed by atoms with van der Waals surface area (Å²) in [5.41, 5.74) is 2.43. The van der Waals surface area contributed by atoms with Gasteiger partial charge in [0.2, 0.25) is 0 Å². The van der Waals surface area contributed by atoms with Crippen LogP contribution in [0.1, 0.15) is 18.3 Å². The molecule has 1 aromatic heterocycles. The van der Waals surface area contributed by atoms with Crippen LogP contribution in [0.2, 0.25) is 20.1 Å². The summed E-state index contributed by atoms with van der Waals surface area (Å²) in [6.45, 7) is 5.15. The zero-order valence-electron chi connectivity index (χ0n) is 11.0. The van der Waals surface area contributed by atoms with Crippen molar-refractivity contribution in [2.75, 3.05) is 5.32 Å². The molecule has 3 nitrogen and oxygen atoms in total. The Balaban J connectivity index is 2.23. The number of benzene rings is 1. The molecule has 20 heavy (non-hydrogen) atoms. The third-order valence-electron chi connectivity index (χ3n) is 2.91. The van der Waals surface area contributed by atoms with Gasteiger partial charge in [-0.15, -0.1) is 0 Å². The van der Waals surface area contributed by atoms with E-state index in [0.717, 1.165) is 17.9 Å². The van der Waals surface area contributed by atoms with Crippen LogP contribution in [-0.4, -0.2) is 9.78 Å². The van der Waals surface area contributed by atoms with Gasteiger partial charge in [0.15, 0.2) is 0 Å². The van der Waals surface area contributed by atoms with Gasteiger partial charge in [-0.1, -0.05) is 46.4 Å². The zero-order valence-corrected chi connectivity index (χ0v) is 14.0. The lowest BCUT2D eigenvalue weighted by Crippen LogP contribution is -2.08. The molecule has 0 aliphatic rings. The van der Waals surface area contributed by atoms with Crippen molar-refractivity contribution < 1.29 is 0 Å². The van der Waals surface area contributed by atoms with Crippen LogP contribution in [0.5, 0.6) is 0 Å². The Bertz CT molecular complexity index is 637. The van der Waals surface area contributed by atoms with Gasteiger partial charge in [0.1, 0.15) is 0 Å². The van der Waals surface area contributed by atoms with E-state index in [1.54, 1.807) is 12.1 Å². The molecule has 0 bridgehead atoms. The third kappa shape index (κ3) is 3.17. The molecule has 0 radical (unpaired) electrons. The quantitative estimate of drug-likeness (QED) is 0.742. The Morgan fingerprint density at radius 1 is 1.10 bits per heavy atom. The van der Waals surface area contributed by atoms with E-state index in [4.69, 9.17) is 46.4 Å². The lowest BCUT2D eigenvalue weighted by atomic mass is 10.3. The normalized spacial score (nSPS) is 10.9. The molecule has 0 fully saturated rings. The Morgan fingerprint density at radius 3 is 2.40 bits per heavy atom. The van der Waals surface area contributed by atoms with Crippen LogP contribution in [0, 0.1) is 6.92 Å². The fourth-order valence-electron chi connectivity index (χ4n) is 1.87. The van der Waals surface area contributed by atoms with Gasteiger partial charge in [-0.05, 0) is 26.0 Å². The Kier molecular flexibility index (Phi) is 5.08. The molecule has 1 heterocycles. The van der Waals surface area contributed by atoms with Gasteiger partial charge in [-0.3, -0.25) is 4.68 Å². The second-order valence-electron chi connectivity index (χ2n) is 4.26. The lowest BCUT2D eigenvalue weighted by Gasteiger charge is -2.11. The van der Waals surface area contributed by atoms with Gasteiger partial charge in [0.25, 0.3) is 0 Å². The van der Waals surface area contributed by atoms with E-state index in [1.165, 1.54) is 0 Å². The SMILES string of the molecule is CCn1nc(C)c(Cl)c1CNc1cc(Cl)c(Cl)cc1Cl. The predicted octanol–water partition coefficient (Wildman–Crippen LogP) is 5.44. The highest BCUT2D eigenvalue weighted by atomic mass is 35.5. The molecule has 108 valence electrons. The third-order valence-corrected chi connectivity index (χ3v) is 4.44. The van der Waals surface area contributed by atoms with Crippen LogP contribution in [0.15, 0.2) is 12.1 Å². The van der Waals surface area contributed by atoms with Gasteiger partial charge >= 0.3 is 0 Å². The lowest BCUT2D eigenvalue weighted by molar-refractivity contribution is 0.623. The second-order valence-corrected chi connectivity index (χ2v) is 5.86. The van der Waals surface area contributed by atoms with Gasteiger partial charge < -0.3 is 5.32 Å². The average Bonchev–Trinajstić information content (AvgIpc) is 2.68. The van der Waals surface area contributed by atoms with Gasteiger partial charge in [-0.25, -0.2) is 0 Å². The van der Waals surface area contributed by atoms with Crippen molar-refractivity contribution in [3.8, 4) is 0 Å². The Hall–Kier alpha value is -0.610. The molecule has 0 saturated heterocycles. The maximum Gasteiger partial charge on any atom is 0.0865 e. The Labute approximate surface area is 137 Å². The highest BCUT2D eigenvalue weighted by Crippen LogP contribution is 2.33. The molecule has 2 rings (SSSR count). The molecule has 0 atom stereocenters. The molecule has 0 unspecified atom stereocenters. The average molecular weight is 353 g/mol. The zero-order chi connectivity index (χ0) is 14.9. The summed E-state index contributed by atoms with van der Waals surface area (Å²) >= 11 is 24.3. The smallest absolute Gasteiger partial charge is 0.0865 e. The summed E-state index contributed by atoms with van der Waals surface area (Å²) < 4.78 is 1.86. The minimum absolute atomic E-state index is 0.426. The van der Waals surface area contributed by atoms with E-state index >= 15 is 0 Å². The van der Waals surface area contributed by atoms with Gasteiger partial charge in [0.05, 0.1) is 43.7 Å². The van der Waals surface area contributed by atoms with Crippen LogP contribution in [0.4, 0.5) is 5.69 Å². The molecule has 2 aromatic rings. The van der Waals surface area contributed by atoms with Gasteiger partial charge in [-0.2, -0.15) is 5.10 Å². The maximum atomic E-state index is 6.25. The minimum Gasteiger partial charge on any atom is -0.378 e. The first-order valence-electron chi connectivity index (χ1n) is 6.04. The molecule has 0 amide bonds. The minimum atomic E-state index is 0.426. The molecule has 7 heteroatoms. The summed E-state index contributed by atoms with van der Waals surface area (Å²) in [7, 11) is 0. The second kappa shape index (κ2) is 6.44. The topological polar surface area (TPSA) is 29.9 Å². The molecule has 1 aromatic carbocycles. The van der Waals surface area contributed by atoms with Crippen LogP contribution < -0.4 is 5.32 Å². The molecule has 0 aliphatic heterocycles. The molecular weight excluding hydrogens is 340 g/mol. The van der Waals surface area contributed by atoms with Crippen molar-refractivity contribution in [1.82, 2.24) is 9.78 Å². The van der Waals surface area contributed by atoms with Crippen LogP contribution in [-0.2, 0) is 13.1 Å². The number of hydrogen-bond donors (Lipinski definition) is 1. The molecule has 1 N–H and O–H groups in total. The molecular formula is C13H13Cl4N3. The Morgan fingerprint density at radius 2 is 1.75 bits per heavy atom. The fraction of sp³-hybridized carbons (Fsp3) is 0.308. The van der Waals surface area contributed by atoms with Crippen molar-refractivity contribution in [2.24, 2.45) is 0 Å². The summed E-state index contributed by atoms with van der Waals surface area (Å²) in [6, 6.07) is 3.30. The highest BCUT2D eigenvalue weighted by molar-refractivity contribution is 6.44. The molecule has 0 saturated carbocycles. The van der Waals surface area contributed by atoms with E-state index in [0.29, 0.717) is 32.3 Å². The monoisotopic (exact) mass is 351 g/mol. The van der Waals surface area contributed by atoms with Crippen LogP contribution in [0.25, 0.3) is 0 Å². The van der Waals surface area contributed by atoms with Crippen LogP contribution >= 0.6 is 46.4 Å². The van der Waals surface area contributed by atoms with E-state index in [2.05, 4.69) is 10.4 Å². The van der Waals surface area contributed by atoms with E-state index in [1.807, 2.05) is 18.5 Å². The summed E-state index contributed by atoms with van der Waals surface area (Å²) in [4.78, 5) is 0. The number of aryl methyl sites for hydroxylation is 2. The predicted molar refractivity (Wildman–Crippen MR) is 86.4 cm³/mol. The van der Waals surface area contributed by atoms with Crippen molar-refractivity contribution in [2.45, 2.75) is 26.9 Å². The van der Waals surface area contributed by atoms with Crippen molar-refractivity contribution in [3.05, 3.63) is 43.6 Å².